The molecule has 13 heavy (non-hydrogen) atoms. The highest BCUT2D eigenvalue weighted by Gasteiger charge is 2.07. The fourth-order valence-electron chi connectivity index (χ4n) is 1.53. The first-order chi connectivity index (χ1) is 6.33. The summed E-state index contributed by atoms with van der Waals surface area (Å²) in [6.45, 7) is 2.89. The Balaban J connectivity index is 2.60. The first-order valence-corrected chi connectivity index (χ1v) is 5.37. The quantitative estimate of drug-likeness (QED) is 0.776. The lowest BCUT2D eigenvalue weighted by Crippen LogP contribution is -2.08. The number of fused-ring (bicyclic) bond motifs is 1. The molecule has 0 amide bonds. The maximum absolute atomic E-state index is 5.67. The zero-order valence-electron chi connectivity index (χ0n) is 7.66. The summed E-state index contributed by atoms with van der Waals surface area (Å²) in [5, 5.41) is 3.47. The smallest absolute Gasteiger partial charge is 0.0377 e. The van der Waals surface area contributed by atoms with Crippen molar-refractivity contribution in [2.75, 3.05) is 6.54 Å². The van der Waals surface area contributed by atoms with E-state index in [1.54, 1.807) is 11.3 Å². The van der Waals surface area contributed by atoms with Crippen LogP contribution >= 0.6 is 11.3 Å². The van der Waals surface area contributed by atoms with Crippen LogP contribution in [-0.2, 0) is 0 Å². The highest BCUT2D eigenvalue weighted by Crippen LogP contribution is 2.29. The highest BCUT2D eigenvalue weighted by molar-refractivity contribution is 7.17. The Kier molecular flexibility index (Phi) is 2.34. The van der Waals surface area contributed by atoms with Gasteiger partial charge >= 0.3 is 0 Å². The van der Waals surface area contributed by atoms with Gasteiger partial charge in [-0.25, -0.2) is 0 Å². The average Bonchev–Trinajstić information content (AvgIpc) is 2.63. The van der Waals surface area contributed by atoms with Gasteiger partial charge < -0.3 is 5.73 Å². The molecule has 1 unspecified atom stereocenters. The number of rotatable bonds is 2. The highest BCUT2D eigenvalue weighted by atomic mass is 32.1. The third-order valence-corrected chi connectivity index (χ3v) is 3.37. The van der Waals surface area contributed by atoms with Crippen LogP contribution in [0.1, 0.15) is 18.4 Å². The summed E-state index contributed by atoms with van der Waals surface area (Å²) >= 11 is 1.80. The molecule has 1 aromatic carbocycles. The molecule has 2 N–H and O–H groups in total. The Morgan fingerprint density at radius 1 is 1.38 bits per heavy atom. The molecule has 0 fully saturated rings. The van der Waals surface area contributed by atoms with E-state index in [1.165, 1.54) is 15.6 Å². The van der Waals surface area contributed by atoms with Gasteiger partial charge in [0.05, 0.1) is 0 Å². The Hall–Kier alpha value is -0.860. The van der Waals surface area contributed by atoms with Gasteiger partial charge in [0.2, 0.25) is 0 Å². The second kappa shape index (κ2) is 3.48. The predicted molar refractivity (Wildman–Crippen MR) is 59.3 cm³/mol. The molecular formula is C11H13NS. The lowest BCUT2D eigenvalue weighted by molar-refractivity contribution is 0.782. The zero-order valence-corrected chi connectivity index (χ0v) is 8.47. The van der Waals surface area contributed by atoms with Crippen LogP contribution < -0.4 is 5.73 Å². The van der Waals surface area contributed by atoms with E-state index in [0.717, 1.165) is 6.54 Å². The van der Waals surface area contributed by atoms with E-state index in [4.69, 9.17) is 5.73 Å². The van der Waals surface area contributed by atoms with Crippen LogP contribution in [-0.4, -0.2) is 6.54 Å². The fraction of sp³-hybridized carbons (Fsp3) is 0.273. The molecule has 1 atom stereocenters. The monoisotopic (exact) mass is 191 g/mol. The third kappa shape index (κ3) is 1.47. The zero-order chi connectivity index (χ0) is 9.26. The minimum absolute atomic E-state index is 0.461. The Morgan fingerprint density at radius 3 is 3.00 bits per heavy atom. The molecule has 0 aliphatic heterocycles. The summed E-state index contributed by atoms with van der Waals surface area (Å²) in [6, 6.07) is 8.60. The molecule has 0 aliphatic rings. The van der Waals surface area contributed by atoms with Crippen molar-refractivity contribution < 1.29 is 0 Å². The maximum atomic E-state index is 5.67. The summed E-state index contributed by atoms with van der Waals surface area (Å²) in [6.07, 6.45) is 0. The summed E-state index contributed by atoms with van der Waals surface area (Å²) in [7, 11) is 0. The Labute approximate surface area is 82.2 Å². The van der Waals surface area contributed by atoms with Crippen LogP contribution in [0.5, 0.6) is 0 Å². The van der Waals surface area contributed by atoms with E-state index in [0.29, 0.717) is 5.92 Å². The Bertz CT molecular complexity index is 405. The van der Waals surface area contributed by atoms with Crippen molar-refractivity contribution in [3.05, 3.63) is 35.2 Å². The summed E-state index contributed by atoms with van der Waals surface area (Å²) in [5.74, 6) is 0.461. The number of benzene rings is 1. The fourth-order valence-corrected chi connectivity index (χ4v) is 2.56. The molecule has 0 radical (unpaired) electrons. The summed E-state index contributed by atoms with van der Waals surface area (Å²) in [5.41, 5.74) is 7.05. The van der Waals surface area contributed by atoms with Gasteiger partial charge in [0.15, 0.2) is 0 Å². The molecule has 2 aromatic rings. The molecule has 2 rings (SSSR count). The molecule has 0 saturated carbocycles. The van der Waals surface area contributed by atoms with Gasteiger partial charge in [0.25, 0.3) is 0 Å². The predicted octanol–water partition coefficient (Wildman–Crippen LogP) is 2.96. The molecule has 68 valence electrons. The van der Waals surface area contributed by atoms with Gasteiger partial charge in [-0.15, -0.1) is 11.3 Å². The molecule has 1 nitrogen and oxygen atoms in total. The van der Waals surface area contributed by atoms with Crippen molar-refractivity contribution in [2.45, 2.75) is 12.8 Å². The average molecular weight is 191 g/mol. The summed E-state index contributed by atoms with van der Waals surface area (Å²) < 4.78 is 1.39. The minimum atomic E-state index is 0.461. The first-order valence-electron chi connectivity index (χ1n) is 4.49. The standard InChI is InChI=1S/C11H13NS/c1-8(7-12)10-4-2-3-9-5-6-13-11(9)10/h2-6,8H,7,12H2,1H3. The molecule has 0 aliphatic carbocycles. The normalized spacial score (nSPS) is 13.4. The van der Waals surface area contributed by atoms with E-state index < -0.39 is 0 Å². The Morgan fingerprint density at radius 2 is 2.23 bits per heavy atom. The summed E-state index contributed by atoms with van der Waals surface area (Å²) in [4.78, 5) is 0. The second-order valence-corrected chi connectivity index (χ2v) is 4.24. The van der Waals surface area contributed by atoms with E-state index in [1.807, 2.05) is 0 Å². The SMILES string of the molecule is CC(CN)c1cccc2ccsc12. The third-order valence-electron chi connectivity index (χ3n) is 2.39. The topological polar surface area (TPSA) is 26.0 Å². The van der Waals surface area contributed by atoms with E-state index in [-0.39, 0.29) is 0 Å². The van der Waals surface area contributed by atoms with Crippen molar-refractivity contribution in [2.24, 2.45) is 5.73 Å². The molecule has 2 heteroatoms. The largest absolute Gasteiger partial charge is 0.330 e. The number of nitrogens with two attached hydrogens (primary N) is 1. The van der Waals surface area contributed by atoms with Crippen LogP contribution in [0.25, 0.3) is 10.1 Å². The van der Waals surface area contributed by atoms with Gasteiger partial charge in [-0.3, -0.25) is 0 Å². The minimum Gasteiger partial charge on any atom is -0.330 e. The lowest BCUT2D eigenvalue weighted by atomic mass is 10.0. The van der Waals surface area contributed by atoms with Crippen molar-refractivity contribution in [1.29, 1.82) is 0 Å². The maximum Gasteiger partial charge on any atom is 0.0377 e. The van der Waals surface area contributed by atoms with E-state index >= 15 is 0 Å². The van der Waals surface area contributed by atoms with Crippen molar-refractivity contribution >= 4 is 21.4 Å². The van der Waals surface area contributed by atoms with Crippen LogP contribution in [0.3, 0.4) is 0 Å². The molecule has 0 saturated heterocycles. The molecule has 0 bridgehead atoms. The molecule has 1 heterocycles. The lowest BCUT2D eigenvalue weighted by Gasteiger charge is -2.09. The van der Waals surface area contributed by atoms with Crippen molar-refractivity contribution in [3.8, 4) is 0 Å². The van der Waals surface area contributed by atoms with Gasteiger partial charge in [0, 0.05) is 4.70 Å². The number of thiophene rings is 1. The number of hydrogen-bond donors (Lipinski definition) is 1. The van der Waals surface area contributed by atoms with Gasteiger partial charge in [-0.05, 0) is 34.9 Å². The second-order valence-electron chi connectivity index (χ2n) is 3.32. The first kappa shape index (κ1) is 8.73. The van der Waals surface area contributed by atoms with E-state index in [2.05, 4.69) is 36.6 Å². The number of hydrogen-bond acceptors (Lipinski definition) is 2. The van der Waals surface area contributed by atoms with Crippen molar-refractivity contribution in [1.82, 2.24) is 0 Å². The molecule has 1 aromatic heterocycles. The van der Waals surface area contributed by atoms with Crippen LogP contribution in [0.4, 0.5) is 0 Å². The molecular weight excluding hydrogens is 178 g/mol. The van der Waals surface area contributed by atoms with E-state index in [9.17, 15) is 0 Å². The molecule has 0 spiro atoms. The van der Waals surface area contributed by atoms with Crippen molar-refractivity contribution in [3.63, 3.8) is 0 Å². The van der Waals surface area contributed by atoms with Gasteiger partial charge in [-0.2, -0.15) is 0 Å². The van der Waals surface area contributed by atoms with Crippen LogP contribution in [0, 0.1) is 0 Å². The van der Waals surface area contributed by atoms with Gasteiger partial charge in [-0.1, -0.05) is 25.1 Å². The van der Waals surface area contributed by atoms with Crippen LogP contribution in [0.15, 0.2) is 29.6 Å². The van der Waals surface area contributed by atoms with Crippen LogP contribution in [0.2, 0.25) is 0 Å². The van der Waals surface area contributed by atoms with Gasteiger partial charge in [0.1, 0.15) is 0 Å².